The van der Waals surface area contributed by atoms with Crippen LogP contribution in [0.25, 0.3) is 0 Å². The normalized spacial score (nSPS) is 17.4. The van der Waals surface area contributed by atoms with Gasteiger partial charge in [0.15, 0.2) is 5.96 Å². The minimum absolute atomic E-state index is 0.833. The molecule has 0 saturated carbocycles. The van der Waals surface area contributed by atoms with Crippen LogP contribution in [0.15, 0.2) is 4.99 Å². The van der Waals surface area contributed by atoms with Gasteiger partial charge >= 0.3 is 0 Å². The molecule has 0 aromatic rings. The minimum Gasteiger partial charge on any atom is -0.381 e. The van der Waals surface area contributed by atoms with Crippen LogP contribution in [0, 0.1) is 5.92 Å². The second-order valence-corrected chi connectivity index (χ2v) is 6.41. The van der Waals surface area contributed by atoms with E-state index >= 15 is 0 Å². The van der Waals surface area contributed by atoms with Crippen LogP contribution in [0.2, 0.25) is 0 Å². The van der Waals surface area contributed by atoms with Crippen LogP contribution in [0.3, 0.4) is 0 Å². The second-order valence-electron chi connectivity index (χ2n) is 6.41. The quantitative estimate of drug-likeness (QED) is 0.348. The van der Waals surface area contributed by atoms with Crippen molar-refractivity contribution in [3.8, 4) is 0 Å². The molecular formula is C18H38N4O. The summed E-state index contributed by atoms with van der Waals surface area (Å²) in [6.45, 7) is 11.8. The number of rotatable bonds is 11. The molecule has 23 heavy (non-hydrogen) atoms. The number of guanidine groups is 1. The minimum atomic E-state index is 0.833. The summed E-state index contributed by atoms with van der Waals surface area (Å²) in [5, 5.41) is 6.80. The summed E-state index contributed by atoms with van der Waals surface area (Å²) in [4.78, 5) is 6.84. The van der Waals surface area contributed by atoms with E-state index in [1.165, 1.54) is 45.3 Å². The largest absolute Gasteiger partial charge is 0.381 e. The number of likely N-dealkylation sites (tertiary alicyclic amines) is 1. The van der Waals surface area contributed by atoms with Crippen LogP contribution in [0.4, 0.5) is 0 Å². The molecule has 1 saturated heterocycles. The first-order chi connectivity index (χ1) is 11.3. The Morgan fingerprint density at radius 2 is 1.78 bits per heavy atom. The molecule has 0 bridgehead atoms. The van der Waals surface area contributed by atoms with Gasteiger partial charge in [0.2, 0.25) is 0 Å². The zero-order valence-corrected chi connectivity index (χ0v) is 15.6. The predicted octanol–water partition coefficient (Wildman–Crippen LogP) is 2.48. The monoisotopic (exact) mass is 326 g/mol. The van der Waals surface area contributed by atoms with E-state index in [2.05, 4.69) is 34.4 Å². The van der Waals surface area contributed by atoms with Crippen LogP contribution < -0.4 is 10.6 Å². The summed E-state index contributed by atoms with van der Waals surface area (Å²) in [5.74, 6) is 1.79. The van der Waals surface area contributed by atoms with Crippen molar-refractivity contribution in [2.45, 2.75) is 52.4 Å². The third-order valence-corrected chi connectivity index (χ3v) is 4.62. The van der Waals surface area contributed by atoms with E-state index in [0.29, 0.717) is 0 Å². The van der Waals surface area contributed by atoms with Gasteiger partial charge in [-0.3, -0.25) is 4.99 Å². The Labute approximate surface area is 143 Å². The van der Waals surface area contributed by atoms with E-state index in [1.54, 1.807) is 0 Å². The van der Waals surface area contributed by atoms with E-state index < -0.39 is 0 Å². The van der Waals surface area contributed by atoms with E-state index in [9.17, 15) is 0 Å². The number of nitrogens with zero attached hydrogens (tertiary/aromatic N) is 2. The molecule has 5 heteroatoms. The highest BCUT2D eigenvalue weighted by atomic mass is 16.5. The Kier molecular flexibility index (Phi) is 12.0. The first-order valence-corrected chi connectivity index (χ1v) is 9.54. The van der Waals surface area contributed by atoms with Crippen LogP contribution in [0.1, 0.15) is 52.4 Å². The van der Waals surface area contributed by atoms with Gasteiger partial charge in [-0.05, 0) is 57.7 Å². The molecule has 1 aliphatic rings. The van der Waals surface area contributed by atoms with Crippen molar-refractivity contribution in [3.05, 3.63) is 0 Å². The Balaban J connectivity index is 1.99. The van der Waals surface area contributed by atoms with Crippen molar-refractivity contribution in [1.82, 2.24) is 15.5 Å². The topological polar surface area (TPSA) is 48.9 Å². The highest BCUT2D eigenvalue weighted by Gasteiger charge is 2.17. The summed E-state index contributed by atoms with van der Waals surface area (Å²) in [6, 6.07) is 0. The lowest BCUT2D eigenvalue weighted by atomic mass is 9.93. The lowest BCUT2D eigenvalue weighted by molar-refractivity contribution is 0.129. The highest BCUT2D eigenvalue weighted by molar-refractivity contribution is 5.79. The third kappa shape index (κ3) is 9.82. The zero-order chi connectivity index (χ0) is 16.8. The predicted molar refractivity (Wildman–Crippen MR) is 99.2 cm³/mol. The van der Waals surface area contributed by atoms with Gasteiger partial charge in [-0.25, -0.2) is 0 Å². The molecule has 0 aromatic heterocycles. The maximum atomic E-state index is 5.56. The molecule has 1 aliphatic heterocycles. The molecule has 0 amide bonds. The smallest absolute Gasteiger partial charge is 0.190 e. The average Bonchev–Trinajstić information content (AvgIpc) is 2.60. The first-order valence-electron chi connectivity index (χ1n) is 9.54. The number of aliphatic imine (C=N–C) groups is 1. The van der Waals surface area contributed by atoms with E-state index in [-0.39, 0.29) is 0 Å². The summed E-state index contributed by atoms with van der Waals surface area (Å²) < 4.78 is 5.56. The lowest BCUT2D eigenvalue weighted by Gasteiger charge is -2.31. The SMILES string of the molecule is CCCCOCCCNC(=NC)NCCC1CCN(CC)CC1. The number of nitrogens with one attached hydrogen (secondary N) is 2. The lowest BCUT2D eigenvalue weighted by Crippen LogP contribution is -2.40. The second kappa shape index (κ2) is 13.6. The summed E-state index contributed by atoms with van der Waals surface area (Å²) in [7, 11) is 1.84. The molecule has 1 heterocycles. The summed E-state index contributed by atoms with van der Waals surface area (Å²) >= 11 is 0. The molecule has 2 N–H and O–H groups in total. The van der Waals surface area contributed by atoms with Crippen LogP contribution in [0.5, 0.6) is 0 Å². The Bertz CT molecular complexity index is 301. The molecule has 0 radical (unpaired) electrons. The van der Waals surface area contributed by atoms with E-state index in [1.807, 2.05) is 7.05 Å². The van der Waals surface area contributed by atoms with Gasteiger partial charge in [0.05, 0.1) is 0 Å². The number of hydrogen-bond donors (Lipinski definition) is 2. The van der Waals surface area contributed by atoms with Gasteiger partial charge in [0.1, 0.15) is 0 Å². The van der Waals surface area contributed by atoms with Gasteiger partial charge in [0.25, 0.3) is 0 Å². The van der Waals surface area contributed by atoms with Crippen molar-refractivity contribution in [1.29, 1.82) is 0 Å². The molecule has 0 atom stereocenters. The Morgan fingerprint density at radius 3 is 2.43 bits per heavy atom. The molecule has 5 nitrogen and oxygen atoms in total. The van der Waals surface area contributed by atoms with Gasteiger partial charge in [-0.2, -0.15) is 0 Å². The van der Waals surface area contributed by atoms with Crippen molar-refractivity contribution in [3.63, 3.8) is 0 Å². The molecule has 1 rings (SSSR count). The van der Waals surface area contributed by atoms with Crippen molar-refractivity contribution >= 4 is 5.96 Å². The van der Waals surface area contributed by atoms with Crippen LogP contribution in [-0.2, 0) is 4.74 Å². The molecule has 0 unspecified atom stereocenters. The Hall–Kier alpha value is -0.810. The number of ether oxygens (including phenoxy) is 1. The maximum absolute atomic E-state index is 5.56. The molecule has 0 aliphatic carbocycles. The number of unbranched alkanes of at least 4 members (excludes halogenated alkanes) is 1. The first kappa shape index (κ1) is 20.2. The van der Waals surface area contributed by atoms with Gasteiger partial charge < -0.3 is 20.3 Å². The fourth-order valence-corrected chi connectivity index (χ4v) is 2.94. The summed E-state index contributed by atoms with van der Waals surface area (Å²) in [5.41, 5.74) is 0. The Morgan fingerprint density at radius 1 is 1.09 bits per heavy atom. The van der Waals surface area contributed by atoms with Gasteiger partial charge in [0, 0.05) is 33.4 Å². The number of hydrogen-bond acceptors (Lipinski definition) is 3. The van der Waals surface area contributed by atoms with Crippen molar-refractivity contribution < 1.29 is 4.74 Å². The number of piperidine rings is 1. The van der Waals surface area contributed by atoms with Crippen molar-refractivity contribution in [2.24, 2.45) is 10.9 Å². The molecule has 0 spiro atoms. The van der Waals surface area contributed by atoms with E-state index in [4.69, 9.17) is 4.74 Å². The molecule has 0 aromatic carbocycles. The average molecular weight is 327 g/mol. The fraction of sp³-hybridized carbons (Fsp3) is 0.944. The zero-order valence-electron chi connectivity index (χ0n) is 15.6. The van der Waals surface area contributed by atoms with Crippen LogP contribution in [-0.4, -0.2) is 63.8 Å². The third-order valence-electron chi connectivity index (χ3n) is 4.62. The maximum Gasteiger partial charge on any atom is 0.190 e. The fourth-order valence-electron chi connectivity index (χ4n) is 2.94. The standard InChI is InChI=1S/C18H38N4O/c1-4-6-15-23-16-7-11-20-18(19-3)21-12-8-17-9-13-22(5-2)14-10-17/h17H,4-16H2,1-3H3,(H2,19,20,21). The van der Waals surface area contributed by atoms with Crippen LogP contribution >= 0.6 is 0 Å². The van der Waals surface area contributed by atoms with Crippen molar-refractivity contribution in [2.75, 3.05) is 53.0 Å². The molecule has 1 fully saturated rings. The highest BCUT2D eigenvalue weighted by Crippen LogP contribution is 2.19. The molecule has 136 valence electrons. The van der Waals surface area contributed by atoms with E-state index in [0.717, 1.165) is 51.0 Å². The molecular weight excluding hydrogens is 288 g/mol. The summed E-state index contributed by atoms with van der Waals surface area (Å²) in [6.07, 6.45) is 7.33. The van der Waals surface area contributed by atoms with Gasteiger partial charge in [-0.1, -0.05) is 20.3 Å². The van der Waals surface area contributed by atoms with Gasteiger partial charge in [-0.15, -0.1) is 0 Å².